The van der Waals surface area contributed by atoms with E-state index < -0.39 is 33.4 Å². The molecule has 1 saturated heterocycles. The van der Waals surface area contributed by atoms with Crippen molar-refractivity contribution in [1.29, 1.82) is 0 Å². The summed E-state index contributed by atoms with van der Waals surface area (Å²) in [4.78, 5) is 2.18. The number of fused-ring (bicyclic) bond motifs is 1. The molecule has 0 bridgehead atoms. The van der Waals surface area contributed by atoms with E-state index in [0.29, 0.717) is 30.0 Å². The molecule has 9 nitrogen and oxygen atoms in total. The SMILES string of the molecule is [B]C([B])([B])Oc1cc(S(C)(=O)=O)ccc1NCC#Cc1cc2c(NC3CCN(CC(O)COC)CC3)cccc2n1CC(F)(F)P. The van der Waals surface area contributed by atoms with E-state index in [0.717, 1.165) is 43.3 Å². The van der Waals surface area contributed by atoms with Gasteiger partial charge in [-0.3, -0.25) is 0 Å². The number of hydrogen-bond acceptors (Lipinski definition) is 8. The van der Waals surface area contributed by atoms with E-state index in [-0.39, 0.29) is 23.2 Å². The fraction of sp³-hybridized carbons (Fsp3) is 0.467. The molecule has 0 aliphatic carbocycles. The molecule has 0 saturated carbocycles. The third-order valence-corrected chi connectivity index (χ3v) is 8.63. The summed E-state index contributed by atoms with van der Waals surface area (Å²) in [5.74, 6) is 5.94. The highest BCUT2D eigenvalue weighted by Gasteiger charge is 2.26. The summed E-state index contributed by atoms with van der Waals surface area (Å²) in [7, 11) is 16.3. The number of likely N-dealkylation sites (tertiary alicyclic amines) is 1. The van der Waals surface area contributed by atoms with Gasteiger partial charge >= 0.3 is 0 Å². The number of alkyl halides is 2. The lowest BCUT2D eigenvalue weighted by molar-refractivity contribution is 0.0327. The predicted octanol–water partition coefficient (Wildman–Crippen LogP) is 2.36. The Morgan fingerprint density at radius 1 is 1.15 bits per heavy atom. The first kappa shape index (κ1) is 36.1. The van der Waals surface area contributed by atoms with Gasteiger partial charge in [-0.1, -0.05) is 21.2 Å². The number of aliphatic hydroxyl groups is 1. The maximum absolute atomic E-state index is 14.3. The van der Waals surface area contributed by atoms with Gasteiger partial charge in [-0.25, -0.2) is 17.2 Å². The number of aliphatic hydroxyl groups excluding tert-OH is 1. The van der Waals surface area contributed by atoms with Crippen molar-refractivity contribution in [2.75, 3.05) is 56.8 Å². The van der Waals surface area contributed by atoms with Crippen molar-refractivity contribution in [2.45, 2.75) is 47.4 Å². The quantitative estimate of drug-likeness (QED) is 0.145. The molecule has 2 aromatic carbocycles. The topological polar surface area (TPSA) is 105 Å². The summed E-state index contributed by atoms with van der Waals surface area (Å²) in [6, 6.07) is 11.6. The number of nitrogens with one attached hydrogen (secondary N) is 2. The Kier molecular flexibility index (Phi) is 11.8. The molecule has 0 amide bonds. The van der Waals surface area contributed by atoms with Crippen LogP contribution in [0.5, 0.6) is 5.75 Å². The molecule has 6 radical (unpaired) electrons. The maximum atomic E-state index is 14.3. The van der Waals surface area contributed by atoms with Gasteiger partial charge in [0.25, 0.3) is 5.66 Å². The second kappa shape index (κ2) is 15.0. The van der Waals surface area contributed by atoms with Crippen LogP contribution in [0.3, 0.4) is 0 Å². The molecule has 2 unspecified atom stereocenters. The summed E-state index contributed by atoms with van der Waals surface area (Å²) in [6.45, 7) is 1.91. The number of aromatic nitrogens is 1. The second-order valence-electron chi connectivity index (χ2n) is 11.5. The Bertz CT molecular complexity index is 1680. The number of nitrogens with zero attached hydrogens (tertiary/aromatic N) is 2. The third-order valence-electron chi connectivity index (χ3n) is 7.34. The summed E-state index contributed by atoms with van der Waals surface area (Å²) in [6.07, 6.45) is 2.22. The van der Waals surface area contributed by atoms with E-state index in [4.69, 9.17) is 33.0 Å². The lowest BCUT2D eigenvalue weighted by atomic mass is 9.52. The lowest BCUT2D eigenvalue weighted by Crippen LogP contribution is -2.43. The Balaban J connectivity index is 1.54. The van der Waals surface area contributed by atoms with Crippen LogP contribution < -0.4 is 15.4 Å². The van der Waals surface area contributed by atoms with Crippen LogP contribution in [0.25, 0.3) is 10.9 Å². The summed E-state index contributed by atoms with van der Waals surface area (Å²) in [5.41, 5.74) is -0.915. The Hall–Kier alpha value is -2.75. The predicted molar refractivity (Wildman–Crippen MR) is 183 cm³/mol. The Morgan fingerprint density at radius 2 is 1.87 bits per heavy atom. The molecule has 46 heavy (non-hydrogen) atoms. The third kappa shape index (κ3) is 10.4. The molecule has 1 aliphatic rings. The Morgan fingerprint density at radius 3 is 2.50 bits per heavy atom. The minimum absolute atomic E-state index is 0.00157. The largest absolute Gasteiger partial charge is 0.514 e. The molecule has 3 aromatic rings. The van der Waals surface area contributed by atoms with Crippen molar-refractivity contribution in [2.24, 2.45) is 0 Å². The first-order valence-corrected chi connectivity index (χ1v) is 17.1. The van der Waals surface area contributed by atoms with E-state index in [1.165, 1.54) is 22.8 Å². The van der Waals surface area contributed by atoms with E-state index in [1.54, 1.807) is 28.5 Å². The molecule has 16 heteroatoms. The maximum Gasteiger partial charge on any atom is 0.276 e. The van der Waals surface area contributed by atoms with Crippen LogP contribution >= 0.6 is 9.24 Å². The molecule has 4 rings (SSSR count). The number of sulfone groups is 1. The van der Waals surface area contributed by atoms with Crippen LogP contribution in [-0.4, -0.2) is 116 Å². The highest BCUT2D eigenvalue weighted by Crippen LogP contribution is 2.33. The van der Waals surface area contributed by atoms with Gasteiger partial charge in [0.15, 0.2) is 9.84 Å². The highest BCUT2D eigenvalue weighted by atomic mass is 32.2. The minimum Gasteiger partial charge on any atom is -0.514 e. The molecule has 1 aromatic heterocycles. The van der Waals surface area contributed by atoms with Crippen LogP contribution in [0, 0.1) is 11.8 Å². The van der Waals surface area contributed by atoms with E-state index in [9.17, 15) is 22.3 Å². The standard InChI is InChI=1S/C30H36B3F2N4O5PS/c1-43-18-22(40)17-38-13-10-20(11-14-38)37-25-6-3-7-27-24(25)15-21(39(27)19-29(34,35)45)5-4-12-36-26-9-8-23(46(2,41)42)16-28(26)44-30(31,32)33/h3,6-9,15-16,20,22,36-37,40H,10-14,17-19,45H2,1-2H3. The second-order valence-corrected chi connectivity index (χ2v) is 14.3. The molecule has 0 spiro atoms. The monoisotopic (exact) mass is 666 g/mol. The first-order chi connectivity index (χ1) is 21.5. The molecule has 1 aliphatic heterocycles. The summed E-state index contributed by atoms with van der Waals surface area (Å²) >= 11 is 0. The zero-order valence-electron chi connectivity index (χ0n) is 25.8. The fourth-order valence-electron chi connectivity index (χ4n) is 5.35. The van der Waals surface area contributed by atoms with Crippen molar-refractivity contribution < 1.29 is 31.8 Å². The van der Waals surface area contributed by atoms with Gasteiger partial charge in [0.2, 0.25) is 0 Å². The molecule has 240 valence electrons. The van der Waals surface area contributed by atoms with Crippen molar-refractivity contribution in [3.8, 4) is 17.6 Å². The number of rotatable bonds is 13. The molecular formula is C30H36B3F2N4O5PS. The number of β-amino-alcohol motifs (C(OH)–C–C–N with tert-alkyl or cyclic N) is 1. The van der Waals surface area contributed by atoms with Gasteiger partial charge in [0.1, 0.15) is 29.3 Å². The summed E-state index contributed by atoms with van der Waals surface area (Å²) < 4.78 is 64.5. The first-order valence-electron chi connectivity index (χ1n) is 14.6. The molecule has 2 atom stereocenters. The number of ether oxygens (including phenoxy) is 2. The highest BCUT2D eigenvalue weighted by molar-refractivity contribution is 7.90. The zero-order chi connectivity index (χ0) is 33.7. The van der Waals surface area contributed by atoms with Gasteiger partial charge in [0.05, 0.1) is 47.6 Å². The van der Waals surface area contributed by atoms with Crippen LogP contribution in [0.4, 0.5) is 20.2 Å². The minimum atomic E-state index is -3.56. The van der Waals surface area contributed by atoms with Crippen LogP contribution in [0.2, 0.25) is 0 Å². The van der Waals surface area contributed by atoms with Crippen molar-refractivity contribution in [1.82, 2.24) is 9.47 Å². The molecular weight excluding hydrogens is 630 g/mol. The van der Waals surface area contributed by atoms with Crippen LogP contribution in [0.1, 0.15) is 18.5 Å². The van der Waals surface area contributed by atoms with Gasteiger partial charge in [-0.15, -0.1) is 0 Å². The van der Waals surface area contributed by atoms with Gasteiger partial charge in [-0.05, 0) is 54.4 Å². The Labute approximate surface area is 275 Å². The molecule has 1 fully saturated rings. The van der Waals surface area contributed by atoms with Crippen molar-refractivity contribution >= 4 is 64.9 Å². The van der Waals surface area contributed by atoms with Crippen molar-refractivity contribution in [3.63, 3.8) is 0 Å². The number of anilines is 2. The van der Waals surface area contributed by atoms with E-state index >= 15 is 0 Å². The van der Waals surface area contributed by atoms with Crippen molar-refractivity contribution in [3.05, 3.63) is 48.2 Å². The number of benzene rings is 2. The van der Waals surface area contributed by atoms with Crippen LogP contribution in [-0.2, 0) is 21.1 Å². The number of methoxy groups -OCH3 is 1. The molecule has 2 heterocycles. The molecule has 3 N–H and O–H groups in total. The van der Waals surface area contributed by atoms with Gasteiger partial charge in [-0.2, -0.15) is 0 Å². The number of hydrogen-bond donors (Lipinski definition) is 3. The van der Waals surface area contributed by atoms with E-state index in [2.05, 4.69) is 27.4 Å². The lowest BCUT2D eigenvalue weighted by Gasteiger charge is -2.34. The van der Waals surface area contributed by atoms with Gasteiger partial charge < -0.3 is 34.7 Å². The number of halogens is 2. The fourth-order valence-corrected chi connectivity index (χ4v) is 6.17. The zero-order valence-corrected chi connectivity index (χ0v) is 27.8. The normalized spacial score (nSPS) is 15.7. The average molecular weight is 666 g/mol. The average Bonchev–Trinajstić information content (AvgIpc) is 3.28. The number of piperidine rings is 1. The van der Waals surface area contributed by atoms with Gasteiger partial charge in [0, 0.05) is 56.2 Å². The smallest absolute Gasteiger partial charge is 0.276 e. The van der Waals surface area contributed by atoms with Crippen LogP contribution in [0.15, 0.2) is 47.4 Å². The van der Waals surface area contributed by atoms with E-state index in [1.807, 2.05) is 12.1 Å². The summed E-state index contributed by atoms with van der Waals surface area (Å²) in [5, 5.41) is 15.4.